The molecule has 1 amide bonds. The number of rotatable bonds is 2. The molecular weight excluding hydrogens is 365 g/mol. The molecule has 3 aromatic rings. The summed E-state index contributed by atoms with van der Waals surface area (Å²) in [6.45, 7) is 1.56. The van der Waals surface area contributed by atoms with E-state index in [0.29, 0.717) is 16.6 Å². The van der Waals surface area contributed by atoms with Gasteiger partial charge in [-0.05, 0) is 30.2 Å². The number of fused-ring (bicyclic) bond motifs is 2. The van der Waals surface area contributed by atoms with Crippen molar-refractivity contribution in [3.05, 3.63) is 58.7 Å². The summed E-state index contributed by atoms with van der Waals surface area (Å²) in [4.78, 5) is 28.0. The zero-order chi connectivity index (χ0) is 19.5. The number of carbonyl (C=O) groups is 2. The topological polar surface area (TPSA) is 96.6 Å². The SMILES string of the molecule is Cc1c(C(=O)O)cn2ncnc(C3C(=O)Nc4cc(C(F)(F)F)ccc43)c12. The van der Waals surface area contributed by atoms with Gasteiger partial charge in [-0.15, -0.1) is 0 Å². The van der Waals surface area contributed by atoms with Crippen molar-refractivity contribution in [3.63, 3.8) is 0 Å². The van der Waals surface area contributed by atoms with E-state index in [1.807, 2.05) is 0 Å². The zero-order valence-corrected chi connectivity index (χ0v) is 13.7. The van der Waals surface area contributed by atoms with Gasteiger partial charge in [-0.25, -0.2) is 14.3 Å². The smallest absolute Gasteiger partial charge is 0.416 e. The number of alkyl halides is 3. The molecule has 138 valence electrons. The molecule has 2 aromatic heterocycles. The number of nitrogens with one attached hydrogen (secondary N) is 1. The predicted molar refractivity (Wildman–Crippen MR) is 86.6 cm³/mol. The fourth-order valence-corrected chi connectivity index (χ4v) is 3.33. The number of anilines is 1. The Morgan fingerprint density at radius 3 is 2.74 bits per heavy atom. The maximum absolute atomic E-state index is 12.9. The Balaban J connectivity index is 1.91. The number of nitrogens with zero attached hydrogens (tertiary/aromatic N) is 3. The summed E-state index contributed by atoms with van der Waals surface area (Å²) >= 11 is 0. The molecular formula is C17H11F3N4O3. The quantitative estimate of drug-likeness (QED) is 0.717. The summed E-state index contributed by atoms with van der Waals surface area (Å²) < 4.78 is 40.1. The molecule has 0 saturated carbocycles. The molecule has 0 saturated heterocycles. The summed E-state index contributed by atoms with van der Waals surface area (Å²) in [6.07, 6.45) is -2.06. The number of hydrogen-bond acceptors (Lipinski definition) is 4. The largest absolute Gasteiger partial charge is 0.478 e. The Hall–Kier alpha value is -3.43. The van der Waals surface area contributed by atoms with Gasteiger partial charge in [-0.3, -0.25) is 4.79 Å². The van der Waals surface area contributed by atoms with Crippen LogP contribution in [0.5, 0.6) is 0 Å². The number of halogens is 3. The Labute approximate surface area is 149 Å². The van der Waals surface area contributed by atoms with Gasteiger partial charge in [0.1, 0.15) is 12.2 Å². The highest BCUT2D eigenvalue weighted by Crippen LogP contribution is 2.41. The van der Waals surface area contributed by atoms with Crippen LogP contribution in [-0.4, -0.2) is 31.6 Å². The van der Waals surface area contributed by atoms with E-state index in [1.54, 1.807) is 6.92 Å². The highest BCUT2D eigenvalue weighted by molar-refractivity contribution is 6.06. The highest BCUT2D eigenvalue weighted by Gasteiger charge is 2.38. The van der Waals surface area contributed by atoms with Crippen LogP contribution in [0.1, 0.15) is 38.7 Å². The van der Waals surface area contributed by atoms with Crippen LogP contribution in [0.15, 0.2) is 30.7 Å². The number of aromatic nitrogens is 3. The van der Waals surface area contributed by atoms with Gasteiger partial charge in [0, 0.05) is 11.9 Å². The van der Waals surface area contributed by atoms with Crippen molar-refractivity contribution in [1.82, 2.24) is 14.6 Å². The molecule has 7 nitrogen and oxygen atoms in total. The molecule has 1 aromatic carbocycles. The van der Waals surface area contributed by atoms with E-state index in [2.05, 4.69) is 15.4 Å². The lowest BCUT2D eigenvalue weighted by molar-refractivity contribution is -0.137. The number of carbonyl (C=O) groups excluding carboxylic acids is 1. The Kier molecular flexibility index (Phi) is 3.48. The standard InChI is InChI=1S/C17H11F3N4O3/c1-7-10(16(26)27)5-24-14(7)13(21-6-22-24)12-9-3-2-8(17(18,19)20)4-11(9)23-15(12)25/h2-6,12H,1H3,(H,23,25)(H,26,27). The van der Waals surface area contributed by atoms with Crippen LogP contribution in [-0.2, 0) is 11.0 Å². The van der Waals surface area contributed by atoms with E-state index < -0.39 is 29.5 Å². The summed E-state index contributed by atoms with van der Waals surface area (Å²) in [5.41, 5.74) is 0.454. The van der Waals surface area contributed by atoms with Crippen LogP contribution < -0.4 is 5.32 Å². The van der Waals surface area contributed by atoms with Crippen molar-refractivity contribution in [1.29, 1.82) is 0 Å². The molecule has 0 aliphatic carbocycles. The Bertz CT molecular complexity index is 1120. The average molecular weight is 376 g/mol. The van der Waals surface area contributed by atoms with Crippen molar-refractivity contribution in [3.8, 4) is 0 Å². The predicted octanol–water partition coefficient (Wildman–Crippen LogP) is 2.84. The average Bonchev–Trinajstić information content (AvgIpc) is 3.10. The Morgan fingerprint density at radius 1 is 1.33 bits per heavy atom. The number of aryl methyl sites for hydroxylation is 1. The van der Waals surface area contributed by atoms with E-state index in [1.165, 1.54) is 23.1 Å². The van der Waals surface area contributed by atoms with E-state index in [0.717, 1.165) is 12.1 Å². The van der Waals surface area contributed by atoms with E-state index in [9.17, 15) is 27.9 Å². The normalized spacial score (nSPS) is 16.4. The molecule has 1 aliphatic heterocycles. The van der Waals surface area contributed by atoms with Crippen LogP contribution in [0.25, 0.3) is 5.52 Å². The van der Waals surface area contributed by atoms with Gasteiger partial charge in [0.25, 0.3) is 0 Å². The number of aromatic carboxylic acids is 1. The summed E-state index contributed by atoms with van der Waals surface area (Å²) in [5, 5.41) is 15.7. The number of amides is 1. The van der Waals surface area contributed by atoms with Crippen LogP contribution in [0.4, 0.5) is 18.9 Å². The Morgan fingerprint density at radius 2 is 2.07 bits per heavy atom. The first-order valence-electron chi connectivity index (χ1n) is 7.76. The van der Waals surface area contributed by atoms with Crippen LogP contribution >= 0.6 is 0 Å². The molecule has 0 spiro atoms. The highest BCUT2D eigenvalue weighted by atomic mass is 19.4. The summed E-state index contributed by atoms with van der Waals surface area (Å²) in [5.74, 6) is -2.67. The second-order valence-corrected chi connectivity index (χ2v) is 6.13. The van der Waals surface area contributed by atoms with Crippen molar-refractivity contribution < 1.29 is 27.9 Å². The molecule has 1 atom stereocenters. The van der Waals surface area contributed by atoms with Crippen LogP contribution in [0, 0.1) is 6.92 Å². The molecule has 1 aliphatic rings. The number of carboxylic acids is 1. The molecule has 0 fully saturated rings. The van der Waals surface area contributed by atoms with Gasteiger partial charge in [0.15, 0.2) is 0 Å². The van der Waals surface area contributed by atoms with E-state index in [4.69, 9.17) is 0 Å². The van der Waals surface area contributed by atoms with Crippen molar-refractivity contribution in [2.75, 3.05) is 5.32 Å². The minimum absolute atomic E-state index is 0.00259. The van der Waals surface area contributed by atoms with Gasteiger partial charge in [-0.2, -0.15) is 18.3 Å². The zero-order valence-electron chi connectivity index (χ0n) is 13.7. The van der Waals surface area contributed by atoms with Crippen LogP contribution in [0.2, 0.25) is 0 Å². The third-order valence-electron chi connectivity index (χ3n) is 4.57. The molecule has 1 unspecified atom stereocenters. The minimum atomic E-state index is -4.53. The van der Waals surface area contributed by atoms with Crippen molar-refractivity contribution in [2.24, 2.45) is 0 Å². The van der Waals surface area contributed by atoms with E-state index >= 15 is 0 Å². The maximum atomic E-state index is 12.9. The van der Waals surface area contributed by atoms with Gasteiger partial charge >= 0.3 is 12.1 Å². The molecule has 4 rings (SSSR count). The third-order valence-corrected chi connectivity index (χ3v) is 4.57. The van der Waals surface area contributed by atoms with Crippen LogP contribution in [0.3, 0.4) is 0 Å². The second kappa shape index (κ2) is 5.53. The number of benzene rings is 1. The first-order valence-corrected chi connectivity index (χ1v) is 7.76. The van der Waals surface area contributed by atoms with Crippen molar-refractivity contribution in [2.45, 2.75) is 19.0 Å². The van der Waals surface area contributed by atoms with Gasteiger partial charge in [0.2, 0.25) is 5.91 Å². The minimum Gasteiger partial charge on any atom is -0.478 e. The molecule has 27 heavy (non-hydrogen) atoms. The van der Waals surface area contributed by atoms with Crippen molar-refractivity contribution >= 4 is 23.1 Å². The van der Waals surface area contributed by atoms with Gasteiger partial charge < -0.3 is 10.4 Å². The van der Waals surface area contributed by atoms with Gasteiger partial charge in [-0.1, -0.05) is 6.07 Å². The summed E-state index contributed by atoms with van der Waals surface area (Å²) in [6, 6.07) is 3.01. The fourth-order valence-electron chi connectivity index (χ4n) is 3.33. The molecule has 0 radical (unpaired) electrons. The lowest BCUT2D eigenvalue weighted by Gasteiger charge is -2.12. The first-order chi connectivity index (χ1) is 12.7. The molecule has 3 heterocycles. The maximum Gasteiger partial charge on any atom is 0.416 e. The number of carboxylic acid groups (broad SMARTS) is 1. The van der Waals surface area contributed by atoms with Gasteiger partial charge in [0.05, 0.1) is 22.3 Å². The summed E-state index contributed by atoms with van der Waals surface area (Å²) in [7, 11) is 0. The third kappa shape index (κ3) is 2.52. The monoisotopic (exact) mass is 376 g/mol. The molecule has 2 N–H and O–H groups in total. The lowest BCUT2D eigenvalue weighted by Crippen LogP contribution is -2.16. The number of hydrogen-bond donors (Lipinski definition) is 2. The fraction of sp³-hybridized carbons (Fsp3) is 0.176. The lowest BCUT2D eigenvalue weighted by atomic mass is 9.94. The second-order valence-electron chi connectivity index (χ2n) is 6.13. The van der Waals surface area contributed by atoms with E-state index in [-0.39, 0.29) is 16.9 Å². The molecule has 10 heteroatoms. The molecule has 0 bridgehead atoms. The first kappa shape index (κ1) is 17.0.